The number of esters is 1. The highest BCUT2D eigenvalue weighted by Crippen LogP contribution is 2.24. The molecule has 2 N–H and O–H groups in total. The molecule has 0 fully saturated rings. The summed E-state index contributed by atoms with van der Waals surface area (Å²) in [5.74, 6) is -2.45. The lowest BCUT2D eigenvalue weighted by atomic mass is 9.94. The number of halogens is 1. The number of nitrogens with zero attached hydrogens (tertiary/aromatic N) is 1. The third kappa shape index (κ3) is 9.11. The molecule has 7 nitrogen and oxygen atoms in total. The number of hydrogen-bond acceptors (Lipinski definition) is 5. The van der Waals surface area contributed by atoms with Gasteiger partial charge in [-0.05, 0) is 48.1 Å². The average molecular weight is 573 g/mol. The predicted octanol–water partition coefficient (Wildman–Crippen LogP) is 4.76. The number of cyclic esters (lactones) is 1. The Bertz CT molecular complexity index is 1330. The van der Waals surface area contributed by atoms with Crippen LogP contribution in [0, 0.1) is 17.7 Å². The fraction of sp³-hybridized carbons (Fsp3) is 0.324. The second kappa shape index (κ2) is 15.6. The van der Waals surface area contributed by atoms with Gasteiger partial charge in [-0.15, -0.1) is 0 Å². The fourth-order valence-electron chi connectivity index (χ4n) is 5.00. The lowest BCUT2D eigenvalue weighted by molar-refractivity contribution is -0.155. The Morgan fingerprint density at radius 2 is 1.52 bits per heavy atom. The first-order chi connectivity index (χ1) is 20.4. The van der Waals surface area contributed by atoms with Crippen molar-refractivity contribution in [1.82, 2.24) is 10.2 Å². The molecule has 1 heterocycles. The molecule has 220 valence electrons. The number of carbonyl (C=O) groups excluding carboxylic acids is 3. The van der Waals surface area contributed by atoms with Gasteiger partial charge in [0.05, 0.1) is 25.0 Å². The number of allylic oxidation sites excluding steroid dienone is 2. The molecule has 2 amide bonds. The van der Waals surface area contributed by atoms with Gasteiger partial charge >= 0.3 is 5.97 Å². The summed E-state index contributed by atoms with van der Waals surface area (Å²) in [5, 5.41) is 12.5. The van der Waals surface area contributed by atoms with Crippen LogP contribution in [0.25, 0.3) is 0 Å². The molecule has 0 unspecified atom stereocenters. The van der Waals surface area contributed by atoms with Crippen LogP contribution in [-0.4, -0.2) is 47.5 Å². The van der Waals surface area contributed by atoms with E-state index in [2.05, 4.69) is 5.32 Å². The maximum atomic E-state index is 13.5. The molecule has 3 atom stereocenters. The van der Waals surface area contributed by atoms with Crippen LogP contribution in [0.3, 0.4) is 0 Å². The van der Waals surface area contributed by atoms with E-state index in [1.807, 2.05) is 72.8 Å². The van der Waals surface area contributed by atoms with E-state index in [0.29, 0.717) is 25.8 Å². The highest BCUT2D eigenvalue weighted by molar-refractivity contribution is 5.86. The average Bonchev–Trinajstić information content (AvgIpc) is 3.01. The molecule has 3 aromatic rings. The molecule has 0 radical (unpaired) electrons. The Morgan fingerprint density at radius 3 is 2.19 bits per heavy atom. The Balaban J connectivity index is 1.54. The fourth-order valence-corrected chi connectivity index (χ4v) is 5.00. The number of hydrogen-bond donors (Lipinski definition) is 2. The summed E-state index contributed by atoms with van der Waals surface area (Å²) >= 11 is 0. The van der Waals surface area contributed by atoms with Crippen molar-refractivity contribution in [2.75, 3.05) is 19.7 Å². The van der Waals surface area contributed by atoms with Gasteiger partial charge in [-0.2, -0.15) is 0 Å². The summed E-state index contributed by atoms with van der Waals surface area (Å²) < 4.78 is 19.4. The van der Waals surface area contributed by atoms with Gasteiger partial charge in [0.15, 0.2) is 0 Å². The highest BCUT2D eigenvalue weighted by Gasteiger charge is 2.28. The standard InChI is InChI=1S/C34H37FN2O5/c35-30-17-15-25(16-18-30)21-29-14-8-7-13-28(22-32(39)37(19-20-38)24-26-9-3-1-4-10-26)33(40)36-23-31(42-34(29)41)27-11-5-2-6-12-27/h1-12,15-18,28-29,31,38H,13-14,19-24H2,(H,36,40)/b8-7-/t28-,29+,31+/m0/s1. The first-order valence-corrected chi connectivity index (χ1v) is 14.3. The summed E-state index contributed by atoms with van der Waals surface area (Å²) in [6.45, 7) is 0.363. The van der Waals surface area contributed by atoms with Crippen LogP contribution in [0.5, 0.6) is 0 Å². The minimum absolute atomic E-state index is 0.0300. The normalized spacial score (nSPS) is 20.4. The Labute approximate surface area is 246 Å². The molecule has 8 heteroatoms. The van der Waals surface area contributed by atoms with Crippen molar-refractivity contribution < 1.29 is 28.6 Å². The van der Waals surface area contributed by atoms with Crippen LogP contribution in [0.2, 0.25) is 0 Å². The third-order valence-electron chi connectivity index (χ3n) is 7.36. The largest absolute Gasteiger partial charge is 0.455 e. The maximum Gasteiger partial charge on any atom is 0.310 e. The SMILES string of the molecule is O=C1NC[C@H](c2ccccc2)OC(=O)[C@@H](Cc2ccc(F)cc2)C/C=C\C[C@H]1CC(=O)N(CCO)Cc1ccccc1. The maximum absolute atomic E-state index is 13.5. The minimum Gasteiger partial charge on any atom is -0.455 e. The second-order valence-corrected chi connectivity index (χ2v) is 10.5. The van der Waals surface area contributed by atoms with Crippen molar-refractivity contribution in [1.29, 1.82) is 0 Å². The Morgan fingerprint density at radius 1 is 0.881 bits per heavy atom. The zero-order chi connectivity index (χ0) is 29.7. The molecule has 0 saturated heterocycles. The molecule has 0 aromatic heterocycles. The van der Waals surface area contributed by atoms with Gasteiger partial charge in [-0.25, -0.2) is 4.39 Å². The number of benzene rings is 3. The van der Waals surface area contributed by atoms with Crippen LogP contribution < -0.4 is 5.32 Å². The first kappa shape index (κ1) is 30.7. The summed E-state index contributed by atoms with van der Waals surface area (Å²) in [6.07, 6.45) is 3.96. The van der Waals surface area contributed by atoms with E-state index in [9.17, 15) is 23.9 Å². The molecule has 1 aliphatic heterocycles. The summed E-state index contributed by atoms with van der Waals surface area (Å²) in [5.41, 5.74) is 2.49. The van der Waals surface area contributed by atoms with Crippen molar-refractivity contribution in [2.45, 2.75) is 38.3 Å². The number of carbonyl (C=O) groups is 3. The highest BCUT2D eigenvalue weighted by atomic mass is 19.1. The van der Waals surface area contributed by atoms with Crippen molar-refractivity contribution >= 4 is 17.8 Å². The Kier molecular flexibility index (Phi) is 11.4. The minimum atomic E-state index is -0.720. The van der Waals surface area contributed by atoms with Gasteiger partial charge in [0.1, 0.15) is 11.9 Å². The molecule has 0 spiro atoms. The van der Waals surface area contributed by atoms with Crippen LogP contribution in [0.15, 0.2) is 97.1 Å². The summed E-state index contributed by atoms with van der Waals surface area (Å²) in [6, 6.07) is 24.8. The van der Waals surface area contributed by atoms with Gasteiger partial charge < -0.3 is 20.1 Å². The van der Waals surface area contributed by atoms with E-state index >= 15 is 0 Å². The van der Waals surface area contributed by atoms with Gasteiger partial charge in [-0.3, -0.25) is 14.4 Å². The van der Waals surface area contributed by atoms with Crippen molar-refractivity contribution in [2.24, 2.45) is 11.8 Å². The van der Waals surface area contributed by atoms with E-state index in [-0.39, 0.29) is 43.7 Å². The molecule has 0 aliphatic carbocycles. The van der Waals surface area contributed by atoms with E-state index in [4.69, 9.17) is 4.74 Å². The van der Waals surface area contributed by atoms with Gasteiger partial charge in [0.2, 0.25) is 11.8 Å². The predicted molar refractivity (Wildman–Crippen MR) is 157 cm³/mol. The topological polar surface area (TPSA) is 95.9 Å². The van der Waals surface area contributed by atoms with Gasteiger partial charge in [0.25, 0.3) is 0 Å². The van der Waals surface area contributed by atoms with Gasteiger partial charge in [0, 0.05) is 19.5 Å². The molecule has 0 saturated carbocycles. The Hall–Kier alpha value is -4.30. The molecular weight excluding hydrogens is 535 g/mol. The van der Waals surface area contributed by atoms with E-state index < -0.39 is 23.9 Å². The smallest absolute Gasteiger partial charge is 0.310 e. The van der Waals surface area contributed by atoms with E-state index in [1.54, 1.807) is 17.0 Å². The molecule has 0 bridgehead atoms. The summed E-state index contributed by atoms with van der Waals surface area (Å²) in [7, 11) is 0. The molecule has 3 aromatic carbocycles. The zero-order valence-electron chi connectivity index (χ0n) is 23.5. The van der Waals surface area contributed by atoms with Crippen LogP contribution in [-0.2, 0) is 32.1 Å². The summed E-state index contributed by atoms with van der Waals surface area (Å²) in [4.78, 5) is 41.6. The number of amides is 2. The number of aliphatic hydroxyl groups is 1. The molecule has 42 heavy (non-hydrogen) atoms. The van der Waals surface area contributed by atoms with Crippen LogP contribution >= 0.6 is 0 Å². The lowest BCUT2D eigenvalue weighted by Crippen LogP contribution is -2.40. The van der Waals surface area contributed by atoms with Crippen molar-refractivity contribution in [3.63, 3.8) is 0 Å². The number of aliphatic hydroxyl groups excluding tert-OH is 1. The van der Waals surface area contributed by atoms with Gasteiger partial charge in [-0.1, -0.05) is 84.9 Å². The quantitative estimate of drug-likeness (QED) is 0.285. The lowest BCUT2D eigenvalue weighted by Gasteiger charge is -2.26. The monoisotopic (exact) mass is 572 g/mol. The number of rotatable bonds is 9. The molecule has 1 aliphatic rings. The number of ether oxygens (including phenoxy) is 1. The number of nitrogens with one attached hydrogen (secondary N) is 1. The second-order valence-electron chi connectivity index (χ2n) is 10.5. The van der Waals surface area contributed by atoms with E-state index in [0.717, 1.165) is 16.7 Å². The van der Waals surface area contributed by atoms with Crippen molar-refractivity contribution in [3.8, 4) is 0 Å². The molecule has 4 rings (SSSR count). The van der Waals surface area contributed by atoms with Crippen LogP contribution in [0.1, 0.15) is 42.1 Å². The van der Waals surface area contributed by atoms with Crippen LogP contribution in [0.4, 0.5) is 4.39 Å². The molecular formula is C34H37FN2O5. The van der Waals surface area contributed by atoms with Crippen molar-refractivity contribution in [3.05, 3.63) is 120 Å². The zero-order valence-corrected chi connectivity index (χ0v) is 23.5. The first-order valence-electron chi connectivity index (χ1n) is 14.3. The van der Waals surface area contributed by atoms with E-state index in [1.165, 1.54) is 12.1 Å². The third-order valence-corrected chi connectivity index (χ3v) is 7.36.